The van der Waals surface area contributed by atoms with Crippen molar-refractivity contribution >= 4 is 20.7 Å². The number of rotatable bonds is 3. The van der Waals surface area contributed by atoms with Crippen LogP contribution in [0.15, 0.2) is 60.7 Å². The molecule has 0 aliphatic heterocycles. The highest BCUT2D eigenvalue weighted by Gasteiger charge is 2.52. The predicted molar refractivity (Wildman–Crippen MR) is 99.8 cm³/mol. The van der Waals surface area contributed by atoms with Gasteiger partial charge >= 0.3 is 0 Å². The molecule has 112 valence electrons. The van der Waals surface area contributed by atoms with Crippen molar-refractivity contribution in [2.24, 2.45) is 0 Å². The molecule has 0 bridgehead atoms. The molecule has 2 rings (SSSR count). The maximum atomic E-state index is 5.33. The van der Waals surface area contributed by atoms with Crippen LogP contribution in [0, 0.1) is 0 Å². The third-order valence-corrected chi connectivity index (χ3v) is 13.5. The van der Waals surface area contributed by atoms with Gasteiger partial charge in [0.25, 0.3) is 0 Å². The molecular weight excluding hydrogens is 288 g/mol. The molecular formula is C19H26SSi. The van der Waals surface area contributed by atoms with Crippen LogP contribution in [0.5, 0.6) is 0 Å². The minimum Gasteiger partial charge on any atom is -0.166 e. The Morgan fingerprint density at radius 3 is 1.33 bits per heavy atom. The molecule has 0 spiro atoms. The molecule has 2 heteroatoms. The Bertz CT molecular complexity index is 542. The SMILES string of the molecule is CC(C)(C)[Si](C)(C)C(S)(c1ccccc1)c1ccccc1. The lowest BCUT2D eigenvalue weighted by molar-refractivity contribution is 0.692. The molecule has 0 aliphatic carbocycles. The zero-order valence-electron chi connectivity index (χ0n) is 13.7. The van der Waals surface area contributed by atoms with Gasteiger partial charge < -0.3 is 0 Å². The monoisotopic (exact) mass is 314 g/mol. The van der Waals surface area contributed by atoms with Gasteiger partial charge in [0.2, 0.25) is 0 Å². The van der Waals surface area contributed by atoms with E-state index in [0.29, 0.717) is 0 Å². The van der Waals surface area contributed by atoms with Gasteiger partial charge in [0.05, 0.1) is 12.4 Å². The maximum absolute atomic E-state index is 5.33. The smallest absolute Gasteiger partial charge is 0.0818 e. The van der Waals surface area contributed by atoms with Crippen molar-refractivity contribution in [1.82, 2.24) is 0 Å². The summed E-state index contributed by atoms with van der Waals surface area (Å²) in [4.78, 5) is 0. The summed E-state index contributed by atoms with van der Waals surface area (Å²) in [6.07, 6.45) is 0. The lowest BCUT2D eigenvalue weighted by Crippen LogP contribution is -2.55. The Morgan fingerprint density at radius 2 is 1.05 bits per heavy atom. The van der Waals surface area contributed by atoms with E-state index in [2.05, 4.69) is 94.5 Å². The summed E-state index contributed by atoms with van der Waals surface area (Å²) < 4.78 is -0.201. The Hall–Kier alpha value is -0.993. The van der Waals surface area contributed by atoms with E-state index in [4.69, 9.17) is 12.6 Å². The first-order valence-corrected chi connectivity index (χ1v) is 11.0. The fourth-order valence-corrected chi connectivity index (χ4v) is 6.96. The van der Waals surface area contributed by atoms with Crippen molar-refractivity contribution in [3.63, 3.8) is 0 Å². The van der Waals surface area contributed by atoms with Gasteiger partial charge in [0, 0.05) is 0 Å². The molecule has 0 radical (unpaired) electrons. The van der Waals surface area contributed by atoms with Crippen molar-refractivity contribution < 1.29 is 0 Å². The standard InChI is InChI=1S/C19H26SSi/c1-18(2,3)21(4,5)19(20,16-12-8-6-9-13-16)17-14-10-7-11-15-17/h6-15,20H,1-5H3. The van der Waals surface area contributed by atoms with E-state index < -0.39 is 8.07 Å². The van der Waals surface area contributed by atoms with Crippen LogP contribution in [-0.2, 0) is 4.37 Å². The fraction of sp³-hybridized carbons (Fsp3) is 0.368. The van der Waals surface area contributed by atoms with Crippen LogP contribution in [0.25, 0.3) is 0 Å². The summed E-state index contributed by atoms with van der Waals surface area (Å²) in [5.74, 6) is 0. The van der Waals surface area contributed by atoms with Crippen molar-refractivity contribution in [3.05, 3.63) is 71.8 Å². The van der Waals surface area contributed by atoms with Gasteiger partial charge in [-0.05, 0) is 16.2 Å². The summed E-state index contributed by atoms with van der Waals surface area (Å²) in [6.45, 7) is 12.0. The molecule has 0 N–H and O–H groups in total. The summed E-state index contributed by atoms with van der Waals surface area (Å²) >= 11 is 5.33. The predicted octanol–water partition coefficient (Wildman–Crippen LogP) is 5.91. The molecule has 0 unspecified atom stereocenters. The molecule has 0 atom stereocenters. The maximum Gasteiger partial charge on any atom is 0.0818 e. The number of thiol groups is 1. The van der Waals surface area contributed by atoms with Crippen LogP contribution < -0.4 is 0 Å². The first-order valence-electron chi connectivity index (χ1n) is 7.54. The van der Waals surface area contributed by atoms with Crippen molar-refractivity contribution in [2.45, 2.75) is 43.3 Å². The zero-order chi connectivity index (χ0) is 15.7. The molecule has 0 aromatic heterocycles. The topological polar surface area (TPSA) is 0 Å². The normalized spacial score (nSPS) is 13.2. The second kappa shape index (κ2) is 5.66. The van der Waals surface area contributed by atoms with E-state index in [0.717, 1.165) is 0 Å². The van der Waals surface area contributed by atoms with Gasteiger partial charge in [0.15, 0.2) is 0 Å². The third-order valence-electron chi connectivity index (χ3n) is 5.16. The molecule has 0 saturated carbocycles. The largest absolute Gasteiger partial charge is 0.166 e. The lowest BCUT2D eigenvalue weighted by atomic mass is 10.0. The van der Waals surface area contributed by atoms with Gasteiger partial charge in [-0.25, -0.2) is 0 Å². The second-order valence-electron chi connectivity index (χ2n) is 7.32. The van der Waals surface area contributed by atoms with E-state index in [-0.39, 0.29) is 9.41 Å². The van der Waals surface area contributed by atoms with E-state index in [1.54, 1.807) is 0 Å². The van der Waals surface area contributed by atoms with Gasteiger partial charge in [-0.2, -0.15) is 12.6 Å². The van der Waals surface area contributed by atoms with Gasteiger partial charge in [-0.15, -0.1) is 0 Å². The first kappa shape index (κ1) is 16.4. The molecule has 0 aliphatic rings. The van der Waals surface area contributed by atoms with E-state index in [9.17, 15) is 0 Å². The summed E-state index contributed by atoms with van der Waals surface area (Å²) in [6, 6.07) is 21.5. The van der Waals surface area contributed by atoms with Gasteiger partial charge in [-0.1, -0.05) is 94.5 Å². The summed E-state index contributed by atoms with van der Waals surface area (Å²) in [5, 5.41) is 0.250. The quantitative estimate of drug-likeness (QED) is 0.528. The highest BCUT2D eigenvalue weighted by Crippen LogP contribution is 2.53. The summed E-state index contributed by atoms with van der Waals surface area (Å²) in [7, 11) is -1.78. The van der Waals surface area contributed by atoms with Crippen LogP contribution in [0.3, 0.4) is 0 Å². The first-order chi connectivity index (χ1) is 9.71. The van der Waals surface area contributed by atoms with Crippen molar-refractivity contribution in [3.8, 4) is 0 Å². The Morgan fingerprint density at radius 1 is 0.714 bits per heavy atom. The molecule has 21 heavy (non-hydrogen) atoms. The Labute approximate surface area is 136 Å². The Kier molecular flexibility index (Phi) is 4.41. The highest BCUT2D eigenvalue weighted by atomic mass is 32.1. The van der Waals surface area contributed by atoms with Crippen LogP contribution in [0.4, 0.5) is 0 Å². The zero-order valence-corrected chi connectivity index (χ0v) is 15.6. The van der Waals surface area contributed by atoms with E-state index in [1.807, 2.05) is 0 Å². The van der Waals surface area contributed by atoms with Crippen LogP contribution in [0.2, 0.25) is 18.1 Å². The minimum absolute atomic E-state index is 0.201. The lowest BCUT2D eigenvalue weighted by Gasteiger charge is -2.50. The van der Waals surface area contributed by atoms with E-state index >= 15 is 0 Å². The second-order valence-corrected chi connectivity index (χ2v) is 13.9. The highest BCUT2D eigenvalue weighted by molar-refractivity contribution is 7.84. The molecule has 2 aromatic rings. The van der Waals surface area contributed by atoms with Gasteiger partial charge in [-0.3, -0.25) is 0 Å². The Balaban J connectivity index is 2.73. The molecule has 0 heterocycles. The molecule has 0 amide bonds. The number of hydrogen-bond donors (Lipinski definition) is 1. The van der Waals surface area contributed by atoms with Crippen molar-refractivity contribution in [2.75, 3.05) is 0 Å². The molecule has 0 saturated heterocycles. The average Bonchev–Trinajstić information content (AvgIpc) is 2.47. The average molecular weight is 315 g/mol. The number of benzene rings is 2. The summed E-state index contributed by atoms with van der Waals surface area (Å²) in [5.41, 5.74) is 2.62. The van der Waals surface area contributed by atoms with Crippen LogP contribution in [-0.4, -0.2) is 8.07 Å². The van der Waals surface area contributed by atoms with Gasteiger partial charge in [0.1, 0.15) is 0 Å². The fourth-order valence-electron chi connectivity index (χ4n) is 2.79. The van der Waals surface area contributed by atoms with Crippen LogP contribution >= 0.6 is 12.6 Å². The minimum atomic E-state index is -1.78. The number of hydrogen-bond acceptors (Lipinski definition) is 1. The van der Waals surface area contributed by atoms with Crippen LogP contribution in [0.1, 0.15) is 31.9 Å². The third kappa shape index (κ3) is 2.71. The van der Waals surface area contributed by atoms with E-state index in [1.165, 1.54) is 11.1 Å². The van der Waals surface area contributed by atoms with Crippen molar-refractivity contribution in [1.29, 1.82) is 0 Å². The molecule has 0 nitrogen and oxygen atoms in total. The molecule has 2 aromatic carbocycles. The molecule has 0 fully saturated rings.